The highest BCUT2D eigenvalue weighted by Gasteiger charge is 2.19. The first-order chi connectivity index (χ1) is 10.6. The van der Waals surface area contributed by atoms with Gasteiger partial charge in [0.25, 0.3) is 5.56 Å². The lowest BCUT2D eigenvalue weighted by molar-refractivity contribution is -0.129. The first-order valence-electron chi connectivity index (χ1n) is 7.25. The van der Waals surface area contributed by atoms with E-state index in [0.717, 1.165) is 31.5 Å². The van der Waals surface area contributed by atoms with Gasteiger partial charge in [0.15, 0.2) is 0 Å². The molecule has 0 saturated carbocycles. The Labute approximate surface area is 132 Å². The van der Waals surface area contributed by atoms with E-state index in [2.05, 4.69) is 9.97 Å². The van der Waals surface area contributed by atoms with Crippen molar-refractivity contribution in [3.05, 3.63) is 51.4 Å². The maximum atomic E-state index is 12.1. The number of hydrogen-bond donors (Lipinski definition) is 1. The minimum atomic E-state index is -0.271. The molecule has 1 saturated heterocycles. The van der Waals surface area contributed by atoms with Crippen LogP contribution in [-0.4, -0.2) is 33.9 Å². The smallest absolute Gasteiger partial charge is 0.254 e. The second-order valence-electron chi connectivity index (χ2n) is 5.36. The number of aromatic nitrogens is 2. The molecule has 1 N–H and O–H groups in total. The van der Waals surface area contributed by atoms with Gasteiger partial charge in [0.2, 0.25) is 5.91 Å². The third kappa shape index (κ3) is 3.20. The number of nitrogens with zero attached hydrogens (tertiary/aromatic N) is 2. The van der Waals surface area contributed by atoms with Crippen LogP contribution in [-0.2, 0) is 11.2 Å². The summed E-state index contributed by atoms with van der Waals surface area (Å²) in [4.78, 5) is 33.0. The van der Waals surface area contributed by atoms with Gasteiger partial charge in [-0.05, 0) is 37.1 Å². The summed E-state index contributed by atoms with van der Waals surface area (Å²) in [7, 11) is 0. The molecule has 5 nitrogen and oxygen atoms in total. The van der Waals surface area contributed by atoms with E-state index in [1.54, 1.807) is 29.2 Å². The summed E-state index contributed by atoms with van der Waals surface area (Å²) in [6.07, 6.45) is 3.66. The molecule has 3 rings (SSSR count). The molecule has 1 aliphatic rings. The zero-order chi connectivity index (χ0) is 15.5. The summed E-state index contributed by atoms with van der Waals surface area (Å²) in [6, 6.07) is 7.05. The number of carbonyl (C=O) groups excluding carboxylic acids is 1. The number of carbonyl (C=O) groups is 1. The normalized spacial score (nSPS) is 14.3. The van der Waals surface area contributed by atoms with Crippen LogP contribution in [0.4, 0.5) is 0 Å². The van der Waals surface area contributed by atoms with Crippen LogP contribution in [0, 0.1) is 0 Å². The number of H-pyrrole nitrogens is 1. The van der Waals surface area contributed by atoms with Crippen molar-refractivity contribution in [3.63, 3.8) is 0 Å². The minimum Gasteiger partial charge on any atom is -0.342 e. The highest BCUT2D eigenvalue weighted by molar-refractivity contribution is 6.30. The van der Waals surface area contributed by atoms with Gasteiger partial charge in [-0.3, -0.25) is 9.59 Å². The Hall–Kier alpha value is -2.14. The van der Waals surface area contributed by atoms with Crippen molar-refractivity contribution in [1.82, 2.24) is 14.9 Å². The zero-order valence-corrected chi connectivity index (χ0v) is 12.8. The first kappa shape index (κ1) is 14.8. The van der Waals surface area contributed by atoms with Gasteiger partial charge in [-0.2, -0.15) is 0 Å². The van der Waals surface area contributed by atoms with E-state index in [9.17, 15) is 9.59 Å². The van der Waals surface area contributed by atoms with E-state index in [1.807, 2.05) is 0 Å². The number of likely N-dealkylation sites (tertiary alicyclic amines) is 1. The molecule has 0 unspecified atom stereocenters. The van der Waals surface area contributed by atoms with Crippen LogP contribution in [0.5, 0.6) is 0 Å². The molecule has 1 fully saturated rings. The van der Waals surface area contributed by atoms with Crippen molar-refractivity contribution >= 4 is 17.5 Å². The average Bonchev–Trinajstić information content (AvgIpc) is 3.04. The highest BCUT2D eigenvalue weighted by atomic mass is 35.5. The SMILES string of the molecule is O=C(Cc1cnc(-c2ccc(Cl)cc2)[nH]c1=O)N1CCCC1. The molecule has 2 heterocycles. The fourth-order valence-corrected chi connectivity index (χ4v) is 2.67. The molecule has 0 spiro atoms. The molecule has 22 heavy (non-hydrogen) atoms. The molecule has 0 radical (unpaired) electrons. The monoisotopic (exact) mass is 317 g/mol. The van der Waals surface area contributed by atoms with Gasteiger partial charge in [0.05, 0.1) is 6.42 Å². The van der Waals surface area contributed by atoms with Crippen molar-refractivity contribution < 1.29 is 4.79 Å². The molecular weight excluding hydrogens is 302 g/mol. The highest BCUT2D eigenvalue weighted by Crippen LogP contribution is 2.17. The number of aromatic amines is 1. The van der Waals surface area contributed by atoms with Crippen molar-refractivity contribution in [1.29, 1.82) is 0 Å². The Balaban J connectivity index is 1.78. The van der Waals surface area contributed by atoms with E-state index >= 15 is 0 Å². The standard InChI is InChI=1S/C16H16ClN3O2/c17-13-5-3-11(4-6-13)15-18-10-12(16(22)19-15)9-14(21)20-7-1-2-8-20/h3-6,10H,1-2,7-9H2,(H,18,19,22). The zero-order valence-electron chi connectivity index (χ0n) is 12.0. The Kier molecular flexibility index (Phi) is 4.24. The van der Waals surface area contributed by atoms with Gasteiger partial charge in [0, 0.05) is 35.4 Å². The van der Waals surface area contributed by atoms with E-state index in [-0.39, 0.29) is 17.9 Å². The van der Waals surface area contributed by atoms with Gasteiger partial charge in [-0.1, -0.05) is 11.6 Å². The van der Waals surface area contributed by atoms with Crippen LogP contribution >= 0.6 is 11.6 Å². The molecule has 1 amide bonds. The summed E-state index contributed by atoms with van der Waals surface area (Å²) in [6.45, 7) is 1.57. The Morgan fingerprint density at radius 2 is 1.91 bits per heavy atom. The predicted molar refractivity (Wildman–Crippen MR) is 84.8 cm³/mol. The molecule has 6 heteroatoms. The van der Waals surface area contributed by atoms with Crippen LogP contribution in [0.25, 0.3) is 11.4 Å². The number of hydrogen-bond acceptors (Lipinski definition) is 3. The second kappa shape index (κ2) is 6.32. The van der Waals surface area contributed by atoms with Crippen molar-refractivity contribution in [2.45, 2.75) is 19.3 Å². The lowest BCUT2D eigenvalue weighted by Gasteiger charge is -2.14. The molecule has 1 aliphatic heterocycles. The maximum absolute atomic E-state index is 12.1. The van der Waals surface area contributed by atoms with Gasteiger partial charge >= 0.3 is 0 Å². The number of amides is 1. The summed E-state index contributed by atoms with van der Waals surface area (Å²) in [5.41, 5.74) is 0.904. The topological polar surface area (TPSA) is 66.1 Å². The quantitative estimate of drug-likeness (QED) is 0.944. The summed E-state index contributed by atoms with van der Waals surface area (Å²) >= 11 is 5.84. The molecular formula is C16H16ClN3O2. The third-order valence-corrected chi connectivity index (χ3v) is 4.04. The van der Waals surface area contributed by atoms with Crippen molar-refractivity contribution in [2.75, 3.05) is 13.1 Å². The average molecular weight is 318 g/mol. The predicted octanol–water partition coefficient (Wildman–Crippen LogP) is 2.26. The summed E-state index contributed by atoms with van der Waals surface area (Å²) in [5, 5.41) is 0.624. The Morgan fingerprint density at radius 3 is 2.55 bits per heavy atom. The lowest BCUT2D eigenvalue weighted by Crippen LogP contribution is -2.31. The number of rotatable bonds is 3. The van der Waals surface area contributed by atoms with Crippen LogP contribution in [0.1, 0.15) is 18.4 Å². The van der Waals surface area contributed by atoms with Crippen molar-refractivity contribution in [3.8, 4) is 11.4 Å². The molecule has 0 bridgehead atoms. The van der Waals surface area contributed by atoms with E-state index in [1.165, 1.54) is 6.20 Å². The van der Waals surface area contributed by atoms with Crippen LogP contribution < -0.4 is 5.56 Å². The Morgan fingerprint density at radius 1 is 1.23 bits per heavy atom. The summed E-state index contributed by atoms with van der Waals surface area (Å²) < 4.78 is 0. The third-order valence-electron chi connectivity index (χ3n) is 3.79. The fraction of sp³-hybridized carbons (Fsp3) is 0.312. The van der Waals surface area contributed by atoms with Gasteiger partial charge in [-0.25, -0.2) is 4.98 Å². The number of nitrogens with one attached hydrogen (secondary N) is 1. The number of benzene rings is 1. The van der Waals surface area contributed by atoms with Crippen molar-refractivity contribution in [2.24, 2.45) is 0 Å². The molecule has 2 aromatic rings. The fourth-order valence-electron chi connectivity index (χ4n) is 2.54. The van der Waals surface area contributed by atoms with Crippen LogP contribution in [0.2, 0.25) is 5.02 Å². The molecule has 1 aromatic heterocycles. The maximum Gasteiger partial charge on any atom is 0.254 e. The summed E-state index contributed by atoms with van der Waals surface area (Å²) in [5.74, 6) is 0.461. The van der Waals surface area contributed by atoms with Crippen LogP contribution in [0.15, 0.2) is 35.3 Å². The van der Waals surface area contributed by atoms with E-state index in [4.69, 9.17) is 11.6 Å². The second-order valence-corrected chi connectivity index (χ2v) is 5.79. The first-order valence-corrected chi connectivity index (χ1v) is 7.63. The van der Waals surface area contributed by atoms with Crippen LogP contribution in [0.3, 0.4) is 0 Å². The molecule has 0 atom stereocenters. The largest absolute Gasteiger partial charge is 0.342 e. The van der Waals surface area contributed by atoms with Gasteiger partial charge in [0.1, 0.15) is 5.82 Å². The minimum absolute atomic E-state index is 0.0101. The van der Waals surface area contributed by atoms with E-state index in [0.29, 0.717) is 16.4 Å². The van der Waals surface area contributed by atoms with Gasteiger partial charge < -0.3 is 9.88 Å². The van der Waals surface area contributed by atoms with E-state index < -0.39 is 0 Å². The van der Waals surface area contributed by atoms with Gasteiger partial charge in [-0.15, -0.1) is 0 Å². The molecule has 0 aliphatic carbocycles. The Bertz CT molecular complexity index is 734. The molecule has 1 aromatic carbocycles. The number of halogens is 1. The molecule has 114 valence electrons. The lowest BCUT2D eigenvalue weighted by atomic mass is 10.2.